The fourth-order valence-corrected chi connectivity index (χ4v) is 2.52. The second kappa shape index (κ2) is 7.96. The zero-order valence-electron chi connectivity index (χ0n) is 12.2. The maximum atomic E-state index is 12.0. The van der Waals surface area contributed by atoms with Gasteiger partial charge in [-0.25, -0.2) is 4.98 Å². The second-order valence-electron chi connectivity index (χ2n) is 5.30. The molecule has 0 spiro atoms. The molecule has 2 aromatic rings. The average Bonchev–Trinajstić information content (AvgIpc) is 2.97. The molecule has 118 valence electrons. The van der Waals surface area contributed by atoms with Crippen molar-refractivity contribution in [3.8, 4) is 11.5 Å². The van der Waals surface area contributed by atoms with Gasteiger partial charge in [0, 0.05) is 18.2 Å². The van der Waals surface area contributed by atoms with Gasteiger partial charge in [-0.2, -0.15) is 0 Å². The molecule has 1 atom stereocenters. The SMILES string of the molecule is Cl.O=C(Cc1coc(-c2ccccc2)n1)N[C@H]1CCCNC1. The van der Waals surface area contributed by atoms with Crippen molar-refractivity contribution in [2.45, 2.75) is 25.3 Å². The van der Waals surface area contributed by atoms with E-state index in [-0.39, 0.29) is 30.8 Å². The molecule has 1 aromatic heterocycles. The van der Waals surface area contributed by atoms with Crippen molar-refractivity contribution in [2.24, 2.45) is 0 Å². The van der Waals surface area contributed by atoms with Gasteiger partial charge in [0.2, 0.25) is 11.8 Å². The first-order valence-electron chi connectivity index (χ1n) is 7.31. The summed E-state index contributed by atoms with van der Waals surface area (Å²) in [5.74, 6) is 0.550. The van der Waals surface area contributed by atoms with E-state index in [9.17, 15) is 4.79 Å². The Morgan fingerprint density at radius 1 is 1.36 bits per heavy atom. The lowest BCUT2D eigenvalue weighted by atomic mass is 10.1. The summed E-state index contributed by atoms with van der Waals surface area (Å²) >= 11 is 0. The fourth-order valence-electron chi connectivity index (χ4n) is 2.52. The van der Waals surface area contributed by atoms with Crippen LogP contribution < -0.4 is 10.6 Å². The molecule has 1 aliphatic rings. The van der Waals surface area contributed by atoms with Gasteiger partial charge in [-0.3, -0.25) is 4.79 Å². The maximum absolute atomic E-state index is 12.0. The van der Waals surface area contributed by atoms with E-state index < -0.39 is 0 Å². The molecule has 3 rings (SSSR count). The van der Waals surface area contributed by atoms with Crippen molar-refractivity contribution in [1.82, 2.24) is 15.6 Å². The predicted octanol–water partition coefficient (Wildman–Crippen LogP) is 2.17. The number of aromatic nitrogens is 1. The molecule has 1 amide bonds. The van der Waals surface area contributed by atoms with E-state index in [1.807, 2.05) is 30.3 Å². The van der Waals surface area contributed by atoms with E-state index in [2.05, 4.69) is 15.6 Å². The predicted molar refractivity (Wildman–Crippen MR) is 86.9 cm³/mol. The normalized spacial score (nSPS) is 17.5. The Morgan fingerprint density at radius 3 is 2.91 bits per heavy atom. The first-order valence-corrected chi connectivity index (χ1v) is 7.31. The van der Waals surface area contributed by atoms with E-state index in [0.29, 0.717) is 11.6 Å². The van der Waals surface area contributed by atoms with Crippen LogP contribution in [0.4, 0.5) is 0 Å². The Hall–Kier alpha value is -1.85. The fraction of sp³-hybridized carbons (Fsp3) is 0.375. The molecule has 2 N–H and O–H groups in total. The molecular formula is C16H20ClN3O2. The summed E-state index contributed by atoms with van der Waals surface area (Å²) in [7, 11) is 0. The van der Waals surface area contributed by atoms with E-state index in [1.165, 1.54) is 0 Å². The van der Waals surface area contributed by atoms with Crippen LogP contribution >= 0.6 is 12.4 Å². The Morgan fingerprint density at radius 2 is 2.18 bits per heavy atom. The summed E-state index contributed by atoms with van der Waals surface area (Å²) in [6, 6.07) is 9.90. The summed E-state index contributed by atoms with van der Waals surface area (Å²) < 4.78 is 5.44. The van der Waals surface area contributed by atoms with Crippen LogP contribution in [0.15, 0.2) is 41.0 Å². The Labute approximate surface area is 135 Å². The third kappa shape index (κ3) is 4.32. The lowest BCUT2D eigenvalue weighted by Crippen LogP contribution is -2.46. The Balaban J connectivity index is 0.00000176. The van der Waals surface area contributed by atoms with E-state index in [0.717, 1.165) is 31.5 Å². The molecule has 0 saturated carbocycles. The van der Waals surface area contributed by atoms with Crippen molar-refractivity contribution in [2.75, 3.05) is 13.1 Å². The molecular weight excluding hydrogens is 302 g/mol. The van der Waals surface area contributed by atoms with Gasteiger partial charge < -0.3 is 15.1 Å². The average molecular weight is 322 g/mol. The van der Waals surface area contributed by atoms with Gasteiger partial charge in [0.25, 0.3) is 0 Å². The molecule has 1 aromatic carbocycles. The van der Waals surface area contributed by atoms with Crippen LogP contribution in [0.5, 0.6) is 0 Å². The van der Waals surface area contributed by atoms with Crippen molar-refractivity contribution in [3.05, 3.63) is 42.3 Å². The van der Waals surface area contributed by atoms with Crippen LogP contribution in [0.2, 0.25) is 0 Å². The summed E-state index contributed by atoms with van der Waals surface area (Å²) in [5.41, 5.74) is 1.58. The molecule has 5 nitrogen and oxygen atoms in total. The third-order valence-electron chi connectivity index (χ3n) is 3.58. The van der Waals surface area contributed by atoms with Gasteiger partial charge in [0.05, 0.1) is 12.1 Å². The first-order chi connectivity index (χ1) is 10.3. The van der Waals surface area contributed by atoms with Gasteiger partial charge >= 0.3 is 0 Å². The van der Waals surface area contributed by atoms with Crippen LogP contribution in [0.25, 0.3) is 11.5 Å². The van der Waals surface area contributed by atoms with Crippen LogP contribution in [0.3, 0.4) is 0 Å². The number of nitrogens with one attached hydrogen (secondary N) is 2. The number of oxazole rings is 1. The summed E-state index contributed by atoms with van der Waals surface area (Å²) in [5, 5.41) is 6.31. The van der Waals surface area contributed by atoms with Crippen LogP contribution in [0.1, 0.15) is 18.5 Å². The van der Waals surface area contributed by atoms with Gasteiger partial charge in [0.1, 0.15) is 6.26 Å². The number of halogens is 1. The highest BCUT2D eigenvalue weighted by Crippen LogP contribution is 2.18. The summed E-state index contributed by atoms with van der Waals surface area (Å²) in [6.45, 7) is 1.88. The van der Waals surface area contributed by atoms with Gasteiger partial charge in [-0.05, 0) is 31.5 Å². The molecule has 2 heterocycles. The zero-order valence-corrected chi connectivity index (χ0v) is 13.1. The molecule has 6 heteroatoms. The number of amides is 1. The number of piperidine rings is 1. The third-order valence-corrected chi connectivity index (χ3v) is 3.58. The van der Waals surface area contributed by atoms with Crippen LogP contribution in [-0.4, -0.2) is 30.0 Å². The highest BCUT2D eigenvalue weighted by Gasteiger charge is 2.16. The Kier molecular flexibility index (Phi) is 5.98. The summed E-state index contributed by atoms with van der Waals surface area (Å²) in [4.78, 5) is 16.4. The molecule has 0 radical (unpaired) electrons. The van der Waals surface area contributed by atoms with Gasteiger partial charge in [-0.1, -0.05) is 18.2 Å². The molecule has 1 fully saturated rings. The minimum Gasteiger partial charge on any atom is -0.444 e. The minimum absolute atomic E-state index is 0. The van der Waals surface area contributed by atoms with E-state index >= 15 is 0 Å². The van der Waals surface area contributed by atoms with Crippen LogP contribution in [0, 0.1) is 0 Å². The lowest BCUT2D eigenvalue weighted by Gasteiger charge is -2.23. The Bertz CT molecular complexity index is 594. The van der Waals surface area contributed by atoms with E-state index in [4.69, 9.17) is 4.42 Å². The highest BCUT2D eigenvalue weighted by atomic mass is 35.5. The van der Waals surface area contributed by atoms with Crippen molar-refractivity contribution in [1.29, 1.82) is 0 Å². The number of carbonyl (C=O) groups is 1. The molecule has 0 unspecified atom stereocenters. The lowest BCUT2D eigenvalue weighted by molar-refractivity contribution is -0.121. The highest BCUT2D eigenvalue weighted by molar-refractivity contribution is 5.85. The number of hydrogen-bond acceptors (Lipinski definition) is 4. The van der Waals surface area contributed by atoms with Crippen molar-refractivity contribution in [3.63, 3.8) is 0 Å². The number of nitrogens with zero attached hydrogens (tertiary/aromatic N) is 1. The van der Waals surface area contributed by atoms with Gasteiger partial charge in [-0.15, -0.1) is 12.4 Å². The standard InChI is InChI=1S/C16H19N3O2.ClH/c20-15(18-13-7-4-8-17-10-13)9-14-11-21-16(19-14)12-5-2-1-3-6-12;/h1-3,5-6,11,13,17H,4,7-10H2,(H,18,20);1H/t13-;/m0./s1. The largest absolute Gasteiger partial charge is 0.444 e. The number of carbonyl (C=O) groups excluding carboxylic acids is 1. The minimum atomic E-state index is -0.00314. The quantitative estimate of drug-likeness (QED) is 0.905. The smallest absolute Gasteiger partial charge is 0.226 e. The topological polar surface area (TPSA) is 67.2 Å². The number of rotatable bonds is 4. The zero-order chi connectivity index (χ0) is 14.5. The van der Waals surface area contributed by atoms with Gasteiger partial charge in [0.15, 0.2) is 0 Å². The first kappa shape index (κ1) is 16.5. The number of benzene rings is 1. The van der Waals surface area contributed by atoms with Crippen LogP contribution in [-0.2, 0) is 11.2 Å². The van der Waals surface area contributed by atoms with Crippen molar-refractivity contribution < 1.29 is 9.21 Å². The maximum Gasteiger partial charge on any atom is 0.226 e. The number of hydrogen-bond donors (Lipinski definition) is 2. The molecule has 0 bridgehead atoms. The molecule has 1 saturated heterocycles. The monoisotopic (exact) mass is 321 g/mol. The van der Waals surface area contributed by atoms with Crippen molar-refractivity contribution >= 4 is 18.3 Å². The summed E-state index contributed by atoms with van der Waals surface area (Å²) in [6.07, 6.45) is 3.95. The van der Waals surface area contributed by atoms with E-state index in [1.54, 1.807) is 6.26 Å². The molecule has 1 aliphatic heterocycles. The second-order valence-corrected chi connectivity index (χ2v) is 5.30. The molecule has 22 heavy (non-hydrogen) atoms. The molecule has 0 aliphatic carbocycles.